The first-order valence-corrected chi connectivity index (χ1v) is 22.2. The Balaban J connectivity index is 1.01. The van der Waals surface area contributed by atoms with Gasteiger partial charge in [0, 0.05) is 59.1 Å². The number of hydrogen-bond donors (Lipinski definition) is 0. The standard InChI is InChI=1S/C60H39NOS/c1-4-14-40(15-5-1)42-26-32-47(33-27-42)61(48-34-28-43(29-35-48)41-16-6-2-7-17-41)49-36-30-44(31-37-49)46-38-55(53-23-13-22-52-51-20-10-11-25-57(51)62-58(52)53)60-56(39-46)54-24-12-21-50(59(54)63-60)45-18-8-3-9-19-45/h1-39H. The fraction of sp³-hybridized carbons (Fsp3) is 0. The monoisotopic (exact) mass is 821 g/mol. The summed E-state index contributed by atoms with van der Waals surface area (Å²) >= 11 is 1.88. The zero-order valence-electron chi connectivity index (χ0n) is 34.3. The second-order valence-electron chi connectivity index (χ2n) is 16.0. The molecule has 0 saturated carbocycles. The van der Waals surface area contributed by atoms with Crippen molar-refractivity contribution in [1.29, 1.82) is 0 Å². The topological polar surface area (TPSA) is 16.4 Å². The highest BCUT2D eigenvalue weighted by Gasteiger charge is 2.20. The number of benzene rings is 10. The van der Waals surface area contributed by atoms with Crippen LogP contribution in [0.5, 0.6) is 0 Å². The molecular weight excluding hydrogens is 783 g/mol. The third kappa shape index (κ3) is 6.58. The van der Waals surface area contributed by atoms with Gasteiger partial charge in [-0.25, -0.2) is 0 Å². The largest absolute Gasteiger partial charge is 0.455 e. The molecule has 2 aromatic heterocycles. The van der Waals surface area contributed by atoms with Crippen molar-refractivity contribution < 1.29 is 4.42 Å². The van der Waals surface area contributed by atoms with Gasteiger partial charge in [-0.05, 0) is 99.1 Å². The van der Waals surface area contributed by atoms with Crippen LogP contribution in [0, 0.1) is 0 Å². The average molecular weight is 822 g/mol. The van der Waals surface area contributed by atoms with Crippen LogP contribution in [-0.2, 0) is 0 Å². The SMILES string of the molecule is c1ccc(-c2ccc(N(c3ccc(-c4ccccc4)cc3)c3ccc(-c4cc(-c5cccc6c5oc5ccccc56)c5sc6c(-c7ccccc7)cccc6c5c4)cc3)cc2)cc1. The molecule has 0 aliphatic carbocycles. The minimum Gasteiger partial charge on any atom is -0.455 e. The first-order valence-electron chi connectivity index (χ1n) is 21.4. The van der Waals surface area contributed by atoms with Crippen LogP contribution >= 0.6 is 11.3 Å². The molecule has 63 heavy (non-hydrogen) atoms. The molecule has 3 heteroatoms. The summed E-state index contributed by atoms with van der Waals surface area (Å²) < 4.78 is 9.23. The fourth-order valence-corrected chi connectivity index (χ4v) is 10.5. The van der Waals surface area contributed by atoms with E-state index in [-0.39, 0.29) is 0 Å². The van der Waals surface area contributed by atoms with E-state index in [0.717, 1.165) is 55.7 Å². The molecule has 0 saturated heterocycles. The normalized spacial score (nSPS) is 11.5. The van der Waals surface area contributed by atoms with E-state index in [9.17, 15) is 0 Å². The highest BCUT2D eigenvalue weighted by molar-refractivity contribution is 7.27. The van der Waals surface area contributed by atoms with Gasteiger partial charge in [0.25, 0.3) is 0 Å². The molecular formula is C60H39NOS. The molecule has 0 fully saturated rings. The van der Waals surface area contributed by atoms with Crippen LogP contribution in [0.1, 0.15) is 0 Å². The highest BCUT2D eigenvalue weighted by Crippen LogP contribution is 2.48. The summed E-state index contributed by atoms with van der Waals surface area (Å²) in [6.45, 7) is 0. The molecule has 0 bridgehead atoms. The summed E-state index contributed by atoms with van der Waals surface area (Å²) in [6.07, 6.45) is 0. The summed E-state index contributed by atoms with van der Waals surface area (Å²) in [4.78, 5) is 2.35. The van der Waals surface area contributed by atoms with Crippen LogP contribution in [0.3, 0.4) is 0 Å². The van der Waals surface area contributed by atoms with Gasteiger partial charge in [-0.3, -0.25) is 0 Å². The lowest BCUT2D eigenvalue weighted by Crippen LogP contribution is -2.09. The lowest BCUT2D eigenvalue weighted by Gasteiger charge is -2.26. The van der Waals surface area contributed by atoms with Crippen molar-refractivity contribution in [3.8, 4) is 55.6 Å². The Hall–Kier alpha value is -7.98. The molecule has 0 radical (unpaired) electrons. The zero-order chi connectivity index (χ0) is 41.7. The third-order valence-corrected chi connectivity index (χ3v) is 13.6. The minimum absolute atomic E-state index is 0.902. The van der Waals surface area contributed by atoms with Crippen LogP contribution < -0.4 is 4.90 Å². The second kappa shape index (κ2) is 15.5. The van der Waals surface area contributed by atoms with Crippen molar-refractivity contribution in [3.63, 3.8) is 0 Å². The van der Waals surface area contributed by atoms with E-state index in [0.29, 0.717) is 0 Å². The molecule has 296 valence electrons. The predicted molar refractivity (Wildman–Crippen MR) is 268 cm³/mol. The minimum atomic E-state index is 0.902. The van der Waals surface area contributed by atoms with Crippen LogP contribution in [0.4, 0.5) is 17.1 Å². The third-order valence-electron chi connectivity index (χ3n) is 12.3. The van der Waals surface area contributed by atoms with Gasteiger partial charge in [0.15, 0.2) is 0 Å². The highest BCUT2D eigenvalue weighted by atomic mass is 32.1. The van der Waals surface area contributed by atoms with E-state index in [1.807, 2.05) is 17.4 Å². The zero-order valence-corrected chi connectivity index (χ0v) is 35.1. The number of fused-ring (bicyclic) bond motifs is 6. The molecule has 12 rings (SSSR count). The number of anilines is 3. The fourth-order valence-electron chi connectivity index (χ4n) is 9.19. The van der Waals surface area contributed by atoms with Gasteiger partial charge in [-0.15, -0.1) is 11.3 Å². The van der Waals surface area contributed by atoms with Crippen LogP contribution in [0.25, 0.3) is 97.7 Å². The molecule has 0 aliphatic heterocycles. The maximum atomic E-state index is 6.69. The van der Waals surface area contributed by atoms with Gasteiger partial charge in [-0.1, -0.05) is 182 Å². The van der Waals surface area contributed by atoms with Crippen molar-refractivity contribution in [2.24, 2.45) is 0 Å². The predicted octanol–water partition coefficient (Wildman–Crippen LogP) is 17.8. The van der Waals surface area contributed by atoms with Gasteiger partial charge in [0.2, 0.25) is 0 Å². The molecule has 0 atom stereocenters. The van der Waals surface area contributed by atoms with Crippen molar-refractivity contribution in [3.05, 3.63) is 237 Å². The maximum absolute atomic E-state index is 6.69. The van der Waals surface area contributed by atoms with Crippen molar-refractivity contribution in [1.82, 2.24) is 0 Å². The Kier molecular flexibility index (Phi) is 9.06. The summed E-state index contributed by atoms with van der Waals surface area (Å²) in [5.74, 6) is 0. The number of nitrogens with zero attached hydrogens (tertiary/aromatic N) is 1. The molecule has 0 spiro atoms. The molecule has 0 unspecified atom stereocenters. The Morgan fingerprint density at radius 3 is 1.32 bits per heavy atom. The summed E-state index contributed by atoms with van der Waals surface area (Å²) in [7, 11) is 0. The number of thiophene rings is 1. The quantitative estimate of drug-likeness (QED) is 0.152. The molecule has 2 nitrogen and oxygen atoms in total. The maximum Gasteiger partial charge on any atom is 0.143 e. The summed E-state index contributed by atoms with van der Waals surface area (Å²) in [5, 5.41) is 4.77. The lowest BCUT2D eigenvalue weighted by atomic mass is 9.94. The first kappa shape index (κ1) is 36.8. The van der Waals surface area contributed by atoms with Crippen molar-refractivity contribution in [2.75, 3.05) is 4.90 Å². The molecule has 0 amide bonds. The molecule has 12 aromatic rings. The van der Waals surface area contributed by atoms with Crippen LogP contribution in [-0.4, -0.2) is 0 Å². The van der Waals surface area contributed by atoms with Crippen molar-refractivity contribution in [2.45, 2.75) is 0 Å². The van der Waals surface area contributed by atoms with Crippen molar-refractivity contribution >= 4 is 70.5 Å². The van der Waals surface area contributed by atoms with E-state index in [1.54, 1.807) is 0 Å². The Morgan fingerprint density at radius 1 is 0.286 bits per heavy atom. The van der Waals surface area contributed by atoms with E-state index >= 15 is 0 Å². The Bertz CT molecular complexity index is 3490. The van der Waals surface area contributed by atoms with Gasteiger partial charge in [0.05, 0.1) is 0 Å². The number of rotatable bonds is 8. The van der Waals surface area contributed by atoms with Crippen LogP contribution in [0.15, 0.2) is 241 Å². The van der Waals surface area contributed by atoms with E-state index in [1.165, 1.54) is 59.1 Å². The smallest absolute Gasteiger partial charge is 0.143 e. The number of para-hydroxylation sites is 2. The molecule has 10 aromatic carbocycles. The average Bonchev–Trinajstić information content (AvgIpc) is 3.94. The van der Waals surface area contributed by atoms with Gasteiger partial charge in [-0.2, -0.15) is 0 Å². The van der Waals surface area contributed by atoms with Gasteiger partial charge >= 0.3 is 0 Å². The van der Waals surface area contributed by atoms with E-state index in [2.05, 4.69) is 235 Å². The Labute approximate surface area is 370 Å². The summed E-state index contributed by atoms with van der Waals surface area (Å²) in [5.41, 5.74) is 16.9. The number of furan rings is 1. The van der Waals surface area contributed by atoms with Crippen LogP contribution in [0.2, 0.25) is 0 Å². The summed E-state index contributed by atoms with van der Waals surface area (Å²) in [6, 6.07) is 85.2. The molecule has 0 N–H and O–H groups in total. The second-order valence-corrected chi connectivity index (χ2v) is 17.1. The molecule has 2 heterocycles. The van der Waals surface area contributed by atoms with E-state index < -0.39 is 0 Å². The lowest BCUT2D eigenvalue weighted by molar-refractivity contribution is 0.670. The van der Waals surface area contributed by atoms with E-state index in [4.69, 9.17) is 4.42 Å². The van der Waals surface area contributed by atoms with Gasteiger partial charge in [0.1, 0.15) is 11.2 Å². The van der Waals surface area contributed by atoms with Gasteiger partial charge < -0.3 is 9.32 Å². The first-order chi connectivity index (χ1) is 31.2. The number of hydrogen-bond acceptors (Lipinski definition) is 3. The Morgan fingerprint density at radius 2 is 0.730 bits per heavy atom. The molecule has 0 aliphatic rings.